The fraction of sp³-hybridized carbons (Fsp3) is 0.438. The highest BCUT2D eigenvalue weighted by atomic mass is 16.3. The van der Waals surface area contributed by atoms with Gasteiger partial charge in [0.2, 0.25) is 5.91 Å². The molecule has 2 atom stereocenters. The van der Waals surface area contributed by atoms with Gasteiger partial charge in [-0.05, 0) is 37.1 Å². The molecule has 0 spiro atoms. The number of H-pyrrole nitrogens is 1. The summed E-state index contributed by atoms with van der Waals surface area (Å²) in [7, 11) is 0. The number of nitrogens with one attached hydrogen (secondary N) is 1. The third-order valence-electron chi connectivity index (χ3n) is 4.09. The van der Waals surface area contributed by atoms with Crippen LogP contribution in [0.5, 0.6) is 0 Å². The number of rotatable bonds is 4. The zero-order valence-corrected chi connectivity index (χ0v) is 12.6. The molecule has 0 bridgehead atoms. The number of hydrogen-bond donors (Lipinski definition) is 2. The van der Waals surface area contributed by atoms with E-state index in [0.29, 0.717) is 25.9 Å². The van der Waals surface area contributed by atoms with E-state index in [1.54, 1.807) is 17.3 Å². The first-order chi connectivity index (χ1) is 10.6. The van der Waals surface area contributed by atoms with Gasteiger partial charge in [0, 0.05) is 37.1 Å². The van der Waals surface area contributed by atoms with Gasteiger partial charge in [-0.1, -0.05) is 0 Å². The van der Waals surface area contributed by atoms with Crippen LogP contribution in [0.4, 0.5) is 0 Å². The van der Waals surface area contributed by atoms with Crippen molar-refractivity contribution in [2.24, 2.45) is 5.92 Å². The highest BCUT2D eigenvalue weighted by Crippen LogP contribution is 2.22. The molecule has 116 valence electrons. The van der Waals surface area contributed by atoms with Gasteiger partial charge in [-0.15, -0.1) is 0 Å². The molecule has 2 aromatic heterocycles. The number of carbonyl (C=O) groups excluding carboxylic acids is 1. The summed E-state index contributed by atoms with van der Waals surface area (Å²) in [5.74, 6) is 0.0926. The van der Waals surface area contributed by atoms with Crippen molar-refractivity contribution in [2.75, 3.05) is 13.1 Å². The van der Waals surface area contributed by atoms with Crippen LogP contribution in [0.25, 0.3) is 0 Å². The second kappa shape index (κ2) is 6.27. The zero-order chi connectivity index (χ0) is 15.5. The molecular weight excluding hydrogens is 280 g/mol. The first kappa shape index (κ1) is 14.7. The van der Waals surface area contributed by atoms with Crippen molar-refractivity contribution in [3.05, 3.63) is 47.5 Å². The Morgan fingerprint density at radius 3 is 2.86 bits per heavy atom. The minimum absolute atomic E-state index is 0.0455. The third-order valence-corrected chi connectivity index (χ3v) is 4.09. The molecule has 6 nitrogen and oxygen atoms in total. The number of carbonyl (C=O) groups is 1. The van der Waals surface area contributed by atoms with Gasteiger partial charge in [0.25, 0.3) is 0 Å². The lowest BCUT2D eigenvalue weighted by Crippen LogP contribution is -2.31. The summed E-state index contributed by atoms with van der Waals surface area (Å²) in [4.78, 5) is 18.0. The number of likely N-dealkylation sites (tertiary alicyclic amines) is 1. The van der Waals surface area contributed by atoms with Crippen LogP contribution in [-0.4, -0.2) is 50.3 Å². The number of amides is 1. The van der Waals surface area contributed by atoms with Crippen LogP contribution in [0.2, 0.25) is 0 Å². The normalized spacial score (nSPS) is 21.3. The number of aromatic amines is 1. The molecule has 1 aliphatic rings. The maximum atomic E-state index is 12.3. The fourth-order valence-electron chi connectivity index (χ4n) is 2.89. The van der Waals surface area contributed by atoms with Crippen molar-refractivity contribution in [1.82, 2.24) is 20.1 Å². The molecule has 0 saturated carbocycles. The van der Waals surface area contributed by atoms with E-state index in [1.165, 1.54) is 0 Å². The molecule has 1 aliphatic heterocycles. The summed E-state index contributed by atoms with van der Waals surface area (Å²) in [6.45, 7) is 2.93. The Balaban J connectivity index is 1.59. The van der Waals surface area contributed by atoms with Gasteiger partial charge in [0.1, 0.15) is 0 Å². The number of pyridine rings is 1. The highest BCUT2D eigenvalue weighted by molar-refractivity contribution is 5.79. The lowest BCUT2D eigenvalue weighted by molar-refractivity contribution is -0.129. The number of nitrogens with zero attached hydrogens (tertiary/aromatic N) is 3. The van der Waals surface area contributed by atoms with Crippen LogP contribution in [0.3, 0.4) is 0 Å². The van der Waals surface area contributed by atoms with E-state index in [2.05, 4.69) is 15.2 Å². The summed E-state index contributed by atoms with van der Waals surface area (Å²) >= 11 is 0. The lowest BCUT2D eigenvalue weighted by Gasteiger charge is -2.15. The van der Waals surface area contributed by atoms with Gasteiger partial charge < -0.3 is 10.0 Å². The Kier molecular flexibility index (Phi) is 4.20. The highest BCUT2D eigenvalue weighted by Gasteiger charge is 2.34. The number of aryl methyl sites for hydroxylation is 1. The van der Waals surface area contributed by atoms with Gasteiger partial charge >= 0.3 is 0 Å². The number of aliphatic hydroxyl groups excluding tert-OH is 1. The maximum absolute atomic E-state index is 12.3. The summed E-state index contributed by atoms with van der Waals surface area (Å²) in [6, 6.07) is 5.66. The molecular formula is C16H20N4O2. The molecule has 2 aromatic rings. The van der Waals surface area contributed by atoms with Crippen LogP contribution in [-0.2, 0) is 17.6 Å². The Labute approximate surface area is 129 Å². The van der Waals surface area contributed by atoms with Crippen LogP contribution >= 0.6 is 0 Å². The number of hydrogen-bond acceptors (Lipinski definition) is 4. The van der Waals surface area contributed by atoms with Crippen molar-refractivity contribution < 1.29 is 9.90 Å². The lowest BCUT2D eigenvalue weighted by atomic mass is 10.0. The first-order valence-corrected chi connectivity index (χ1v) is 7.47. The molecule has 0 aliphatic carbocycles. The van der Waals surface area contributed by atoms with Gasteiger partial charge in [-0.3, -0.25) is 14.9 Å². The number of β-amino-alcohol motifs (C(OH)–C–C–N with tert-alkyl or cyclic N) is 1. The van der Waals surface area contributed by atoms with Gasteiger partial charge in [0.05, 0.1) is 18.2 Å². The van der Waals surface area contributed by atoms with Crippen molar-refractivity contribution in [1.29, 1.82) is 0 Å². The van der Waals surface area contributed by atoms with E-state index in [-0.39, 0.29) is 11.8 Å². The molecule has 22 heavy (non-hydrogen) atoms. The topological polar surface area (TPSA) is 82.1 Å². The molecule has 1 saturated heterocycles. The molecule has 6 heteroatoms. The van der Waals surface area contributed by atoms with Crippen LogP contribution in [0.15, 0.2) is 30.6 Å². The first-order valence-electron chi connectivity index (χ1n) is 7.47. The molecule has 0 radical (unpaired) electrons. The predicted octanol–water partition coefficient (Wildman–Crippen LogP) is 0.718. The Morgan fingerprint density at radius 1 is 1.41 bits per heavy atom. The van der Waals surface area contributed by atoms with Crippen molar-refractivity contribution in [2.45, 2.75) is 25.9 Å². The van der Waals surface area contributed by atoms with Crippen molar-refractivity contribution >= 4 is 5.91 Å². The standard InChI is InChI=1S/C16H20N4O2/c1-11-6-14(19-18-11)8-13-9-20(10-15(13)21)16(22)7-12-2-4-17-5-3-12/h2-6,13,15,21H,7-10H2,1H3,(H,18,19)/t13-,15+/m1/s1. The van der Waals surface area contributed by atoms with E-state index in [4.69, 9.17) is 0 Å². The van der Waals surface area contributed by atoms with E-state index in [9.17, 15) is 9.90 Å². The second-order valence-electron chi connectivity index (χ2n) is 5.90. The molecule has 1 fully saturated rings. The van der Waals surface area contributed by atoms with Crippen LogP contribution < -0.4 is 0 Å². The Morgan fingerprint density at radius 2 is 2.18 bits per heavy atom. The quantitative estimate of drug-likeness (QED) is 0.871. The zero-order valence-electron chi connectivity index (χ0n) is 12.6. The number of aromatic nitrogens is 3. The fourth-order valence-corrected chi connectivity index (χ4v) is 2.89. The molecule has 3 heterocycles. The van der Waals surface area contributed by atoms with Crippen LogP contribution in [0.1, 0.15) is 17.0 Å². The minimum atomic E-state index is -0.488. The maximum Gasteiger partial charge on any atom is 0.227 e. The third kappa shape index (κ3) is 3.33. The molecule has 3 rings (SSSR count). The molecule has 2 N–H and O–H groups in total. The van der Waals surface area contributed by atoms with E-state index in [1.807, 2.05) is 25.1 Å². The van der Waals surface area contributed by atoms with Gasteiger partial charge in [-0.25, -0.2) is 0 Å². The van der Waals surface area contributed by atoms with E-state index >= 15 is 0 Å². The summed E-state index contributed by atoms with van der Waals surface area (Å²) < 4.78 is 0. The smallest absolute Gasteiger partial charge is 0.227 e. The van der Waals surface area contributed by atoms with Crippen LogP contribution in [0, 0.1) is 12.8 Å². The average Bonchev–Trinajstić information content (AvgIpc) is 3.07. The SMILES string of the molecule is Cc1cc(C[C@@H]2CN(C(=O)Cc3ccncc3)C[C@@H]2O)n[nH]1. The largest absolute Gasteiger partial charge is 0.391 e. The average molecular weight is 300 g/mol. The van der Waals surface area contributed by atoms with E-state index < -0.39 is 6.10 Å². The number of aliphatic hydroxyl groups is 1. The Hall–Kier alpha value is -2.21. The minimum Gasteiger partial charge on any atom is -0.391 e. The van der Waals surface area contributed by atoms with E-state index in [0.717, 1.165) is 17.0 Å². The molecule has 0 aromatic carbocycles. The summed E-state index contributed by atoms with van der Waals surface area (Å²) in [6.07, 6.45) is 3.92. The van der Waals surface area contributed by atoms with Crippen molar-refractivity contribution in [3.8, 4) is 0 Å². The Bertz CT molecular complexity index is 641. The predicted molar refractivity (Wildman–Crippen MR) is 81.0 cm³/mol. The van der Waals surface area contributed by atoms with Crippen molar-refractivity contribution in [3.63, 3.8) is 0 Å². The summed E-state index contributed by atoms with van der Waals surface area (Å²) in [5.41, 5.74) is 2.89. The summed E-state index contributed by atoms with van der Waals surface area (Å²) in [5, 5.41) is 17.3. The second-order valence-corrected chi connectivity index (χ2v) is 5.90. The monoisotopic (exact) mass is 300 g/mol. The molecule has 1 amide bonds. The van der Waals surface area contributed by atoms with Gasteiger partial charge in [0.15, 0.2) is 0 Å². The molecule has 0 unspecified atom stereocenters. The van der Waals surface area contributed by atoms with Gasteiger partial charge in [-0.2, -0.15) is 5.10 Å².